The Balaban J connectivity index is 2.23. The highest BCUT2D eigenvalue weighted by atomic mass is 16.6. The molecule has 1 fully saturated rings. The quantitative estimate of drug-likeness (QED) is 0.670. The molecule has 1 N–H and O–H groups in total. The summed E-state index contributed by atoms with van der Waals surface area (Å²) in [6.45, 7) is 3.21. The standard InChI is InChI=1S/C13H17N3O5/c1-13(17)5-2-6-14(9-13)8-10-3-4-11(15(18)19)7-12(10)16(20)21/h3-4,7,17H,2,5-6,8-9H2,1H3. The molecule has 0 amide bonds. The van der Waals surface area contributed by atoms with Crippen LogP contribution in [0, 0.1) is 20.2 Å². The van der Waals surface area contributed by atoms with Gasteiger partial charge in [-0.05, 0) is 32.4 Å². The second kappa shape index (κ2) is 5.74. The summed E-state index contributed by atoms with van der Waals surface area (Å²) in [6.07, 6.45) is 1.51. The predicted octanol–water partition coefficient (Wildman–Crippen LogP) is 1.85. The molecule has 21 heavy (non-hydrogen) atoms. The first-order chi connectivity index (χ1) is 9.78. The smallest absolute Gasteiger partial charge is 0.280 e. The van der Waals surface area contributed by atoms with Crippen LogP contribution in [0.15, 0.2) is 18.2 Å². The summed E-state index contributed by atoms with van der Waals surface area (Å²) < 4.78 is 0. The zero-order chi connectivity index (χ0) is 15.6. The highest BCUT2D eigenvalue weighted by molar-refractivity contribution is 5.49. The van der Waals surface area contributed by atoms with Gasteiger partial charge >= 0.3 is 0 Å². The normalized spacial score (nSPS) is 23.0. The Morgan fingerprint density at radius 3 is 2.62 bits per heavy atom. The lowest BCUT2D eigenvalue weighted by molar-refractivity contribution is -0.394. The third-order valence-corrected chi connectivity index (χ3v) is 3.62. The van der Waals surface area contributed by atoms with E-state index in [0.29, 0.717) is 25.1 Å². The summed E-state index contributed by atoms with van der Waals surface area (Å²) in [7, 11) is 0. The number of nitro groups is 2. The number of nitrogens with zero attached hydrogens (tertiary/aromatic N) is 3. The van der Waals surface area contributed by atoms with Gasteiger partial charge in [-0.25, -0.2) is 0 Å². The zero-order valence-corrected chi connectivity index (χ0v) is 11.7. The van der Waals surface area contributed by atoms with Gasteiger partial charge in [0.2, 0.25) is 0 Å². The Morgan fingerprint density at radius 2 is 2.05 bits per heavy atom. The van der Waals surface area contributed by atoms with Crippen LogP contribution < -0.4 is 0 Å². The molecule has 0 saturated carbocycles. The van der Waals surface area contributed by atoms with Crippen LogP contribution in [-0.2, 0) is 6.54 Å². The van der Waals surface area contributed by atoms with Crippen LogP contribution in [0.5, 0.6) is 0 Å². The number of hydrogen-bond donors (Lipinski definition) is 1. The molecule has 0 radical (unpaired) electrons. The molecular formula is C13H17N3O5. The van der Waals surface area contributed by atoms with E-state index in [2.05, 4.69) is 0 Å². The first-order valence-corrected chi connectivity index (χ1v) is 6.65. The van der Waals surface area contributed by atoms with E-state index in [1.54, 1.807) is 6.92 Å². The lowest BCUT2D eigenvalue weighted by Gasteiger charge is -2.36. The minimum atomic E-state index is -0.798. The van der Waals surface area contributed by atoms with E-state index in [1.165, 1.54) is 12.1 Å². The third-order valence-electron chi connectivity index (χ3n) is 3.62. The van der Waals surface area contributed by atoms with Gasteiger partial charge < -0.3 is 5.11 Å². The van der Waals surface area contributed by atoms with Gasteiger partial charge in [0, 0.05) is 24.7 Å². The van der Waals surface area contributed by atoms with E-state index in [4.69, 9.17) is 0 Å². The average molecular weight is 295 g/mol. The fourth-order valence-electron chi connectivity index (χ4n) is 2.67. The maximum absolute atomic E-state index is 11.1. The molecule has 1 heterocycles. The van der Waals surface area contributed by atoms with Crippen molar-refractivity contribution in [3.8, 4) is 0 Å². The number of nitro benzene ring substituents is 2. The Kier molecular flexibility index (Phi) is 4.19. The van der Waals surface area contributed by atoms with E-state index >= 15 is 0 Å². The van der Waals surface area contributed by atoms with Crippen LogP contribution in [0.3, 0.4) is 0 Å². The molecule has 114 valence electrons. The van der Waals surface area contributed by atoms with Crippen LogP contribution in [-0.4, -0.2) is 38.5 Å². The molecular weight excluding hydrogens is 278 g/mol. The maximum atomic E-state index is 11.1. The SMILES string of the molecule is CC1(O)CCCN(Cc2ccc([N+](=O)[O-])cc2[N+](=O)[O-])C1. The fraction of sp³-hybridized carbons (Fsp3) is 0.538. The van der Waals surface area contributed by atoms with Crippen LogP contribution in [0.25, 0.3) is 0 Å². The molecule has 2 rings (SSSR count). The second-order valence-corrected chi connectivity index (χ2v) is 5.64. The number of likely N-dealkylation sites (tertiary alicyclic amines) is 1. The topological polar surface area (TPSA) is 110 Å². The predicted molar refractivity (Wildman–Crippen MR) is 74.9 cm³/mol. The first kappa shape index (κ1) is 15.3. The summed E-state index contributed by atoms with van der Waals surface area (Å²) in [5, 5.41) is 31.8. The molecule has 1 aliphatic rings. The van der Waals surface area contributed by atoms with Gasteiger partial charge in [0.15, 0.2) is 0 Å². The highest BCUT2D eigenvalue weighted by Crippen LogP contribution is 2.28. The van der Waals surface area contributed by atoms with Crippen molar-refractivity contribution >= 4 is 11.4 Å². The van der Waals surface area contributed by atoms with E-state index in [1.807, 2.05) is 4.90 Å². The molecule has 1 aromatic rings. The molecule has 8 heteroatoms. The van der Waals surface area contributed by atoms with Crippen LogP contribution in [0.4, 0.5) is 11.4 Å². The summed E-state index contributed by atoms with van der Waals surface area (Å²) in [5.41, 5.74) is -0.929. The highest BCUT2D eigenvalue weighted by Gasteiger charge is 2.30. The third kappa shape index (κ3) is 3.73. The molecule has 1 saturated heterocycles. The van der Waals surface area contributed by atoms with E-state index < -0.39 is 15.4 Å². The molecule has 1 unspecified atom stereocenters. The van der Waals surface area contributed by atoms with Crippen LogP contribution in [0.2, 0.25) is 0 Å². The Hall–Kier alpha value is -2.06. The monoisotopic (exact) mass is 295 g/mol. The number of piperidine rings is 1. The van der Waals surface area contributed by atoms with Crippen molar-refractivity contribution in [1.29, 1.82) is 0 Å². The van der Waals surface area contributed by atoms with Gasteiger partial charge in [-0.15, -0.1) is 0 Å². The van der Waals surface area contributed by atoms with Gasteiger partial charge in [-0.1, -0.05) is 0 Å². The minimum Gasteiger partial charge on any atom is -0.389 e. The first-order valence-electron chi connectivity index (χ1n) is 6.65. The second-order valence-electron chi connectivity index (χ2n) is 5.64. The van der Waals surface area contributed by atoms with Crippen molar-refractivity contribution in [3.63, 3.8) is 0 Å². The van der Waals surface area contributed by atoms with Crippen molar-refractivity contribution in [2.75, 3.05) is 13.1 Å². The summed E-state index contributed by atoms with van der Waals surface area (Å²) in [4.78, 5) is 22.5. The molecule has 0 aliphatic carbocycles. The van der Waals surface area contributed by atoms with Gasteiger partial charge in [-0.2, -0.15) is 0 Å². The Labute approximate surface area is 121 Å². The van der Waals surface area contributed by atoms with Crippen LogP contribution in [0.1, 0.15) is 25.3 Å². The van der Waals surface area contributed by atoms with Gasteiger partial charge in [-0.3, -0.25) is 25.1 Å². The van der Waals surface area contributed by atoms with Gasteiger partial charge in [0.1, 0.15) is 0 Å². The molecule has 0 aromatic heterocycles. The lowest BCUT2D eigenvalue weighted by Crippen LogP contribution is -2.45. The largest absolute Gasteiger partial charge is 0.389 e. The fourth-order valence-corrected chi connectivity index (χ4v) is 2.67. The molecule has 1 atom stereocenters. The number of hydrogen-bond acceptors (Lipinski definition) is 6. The van der Waals surface area contributed by atoms with Gasteiger partial charge in [0.05, 0.1) is 21.5 Å². The summed E-state index contributed by atoms with van der Waals surface area (Å²) in [5.74, 6) is 0. The molecule has 1 aliphatic heterocycles. The summed E-state index contributed by atoms with van der Waals surface area (Å²) >= 11 is 0. The Morgan fingerprint density at radius 1 is 1.33 bits per heavy atom. The lowest BCUT2D eigenvalue weighted by atomic mass is 9.95. The van der Waals surface area contributed by atoms with Crippen molar-refractivity contribution in [2.24, 2.45) is 0 Å². The Bertz CT molecular complexity index is 573. The number of β-amino-alcohol motifs (C(OH)–C–C–N with tert-alkyl or cyclic N) is 1. The van der Waals surface area contributed by atoms with Crippen molar-refractivity contribution in [1.82, 2.24) is 4.90 Å². The van der Waals surface area contributed by atoms with Crippen molar-refractivity contribution in [3.05, 3.63) is 44.0 Å². The van der Waals surface area contributed by atoms with E-state index in [0.717, 1.165) is 19.0 Å². The average Bonchev–Trinajstić information content (AvgIpc) is 2.37. The molecule has 1 aromatic carbocycles. The maximum Gasteiger partial charge on any atom is 0.280 e. The summed E-state index contributed by atoms with van der Waals surface area (Å²) in [6, 6.07) is 3.67. The molecule has 0 spiro atoms. The number of rotatable bonds is 4. The van der Waals surface area contributed by atoms with Crippen LogP contribution >= 0.6 is 0 Å². The van der Waals surface area contributed by atoms with Crippen molar-refractivity contribution in [2.45, 2.75) is 31.9 Å². The number of non-ortho nitro benzene ring substituents is 1. The van der Waals surface area contributed by atoms with Gasteiger partial charge in [0.25, 0.3) is 11.4 Å². The number of aliphatic hydroxyl groups is 1. The zero-order valence-electron chi connectivity index (χ0n) is 11.7. The van der Waals surface area contributed by atoms with E-state index in [-0.39, 0.29) is 11.4 Å². The molecule has 8 nitrogen and oxygen atoms in total. The minimum absolute atomic E-state index is 0.255. The molecule has 0 bridgehead atoms. The number of benzene rings is 1. The van der Waals surface area contributed by atoms with Crippen molar-refractivity contribution < 1.29 is 15.0 Å². The van der Waals surface area contributed by atoms with E-state index in [9.17, 15) is 25.3 Å².